The van der Waals surface area contributed by atoms with Gasteiger partial charge in [0.1, 0.15) is 17.9 Å². The first-order valence-corrected chi connectivity index (χ1v) is 8.18. The zero-order valence-corrected chi connectivity index (χ0v) is 13.7. The Labute approximate surface area is 145 Å². The lowest BCUT2D eigenvalue weighted by Crippen LogP contribution is -1.95. The highest BCUT2D eigenvalue weighted by atomic mass is 16.5. The van der Waals surface area contributed by atoms with E-state index in [1.54, 1.807) is 0 Å². The number of rotatable bonds is 5. The van der Waals surface area contributed by atoms with E-state index in [4.69, 9.17) is 14.9 Å². The third kappa shape index (κ3) is 3.39. The quantitative estimate of drug-likeness (QED) is 0.584. The van der Waals surface area contributed by atoms with E-state index >= 15 is 0 Å². The fraction of sp³-hybridized carbons (Fsp3) is 0.0952. The molecule has 0 aliphatic carbocycles. The first kappa shape index (κ1) is 15.4. The lowest BCUT2D eigenvalue weighted by Gasteiger charge is -2.05. The van der Waals surface area contributed by atoms with E-state index in [9.17, 15) is 0 Å². The highest BCUT2D eigenvalue weighted by molar-refractivity contribution is 5.77. The zero-order chi connectivity index (χ0) is 17.1. The number of hydrogen-bond donors (Lipinski definition) is 1. The summed E-state index contributed by atoms with van der Waals surface area (Å²) in [5.41, 5.74) is 10.3. The number of fused-ring (bicyclic) bond motifs is 1. The van der Waals surface area contributed by atoms with Gasteiger partial charge in [-0.25, -0.2) is 4.98 Å². The van der Waals surface area contributed by atoms with Crippen LogP contribution in [0.4, 0.5) is 0 Å². The summed E-state index contributed by atoms with van der Waals surface area (Å²) in [5, 5.41) is 0. The first-order valence-electron chi connectivity index (χ1n) is 8.18. The number of nitrogens with two attached hydrogens (primary N) is 1. The molecule has 1 aromatic heterocycles. The van der Waals surface area contributed by atoms with Crippen LogP contribution in [0.2, 0.25) is 0 Å². The molecule has 2 N–H and O–H groups in total. The molecule has 0 unspecified atom stereocenters. The lowest BCUT2D eigenvalue weighted by atomic mass is 10.1. The molecule has 0 bridgehead atoms. The van der Waals surface area contributed by atoms with E-state index < -0.39 is 0 Å². The van der Waals surface area contributed by atoms with Crippen molar-refractivity contribution in [1.82, 2.24) is 4.98 Å². The third-order valence-corrected chi connectivity index (χ3v) is 4.04. The lowest BCUT2D eigenvalue weighted by molar-refractivity contribution is 0.306. The Bertz CT molecular complexity index is 976. The van der Waals surface area contributed by atoms with Gasteiger partial charge in [0.05, 0.1) is 0 Å². The van der Waals surface area contributed by atoms with E-state index in [2.05, 4.69) is 4.98 Å². The average molecular weight is 330 g/mol. The first-order chi connectivity index (χ1) is 12.3. The molecule has 0 amide bonds. The van der Waals surface area contributed by atoms with Gasteiger partial charge in [-0.3, -0.25) is 0 Å². The van der Waals surface area contributed by atoms with Gasteiger partial charge < -0.3 is 14.9 Å². The summed E-state index contributed by atoms with van der Waals surface area (Å²) in [5.74, 6) is 1.37. The van der Waals surface area contributed by atoms with Gasteiger partial charge >= 0.3 is 0 Å². The zero-order valence-electron chi connectivity index (χ0n) is 13.7. The largest absolute Gasteiger partial charge is 0.489 e. The van der Waals surface area contributed by atoms with Crippen LogP contribution in [0.1, 0.15) is 11.1 Å². The van der Waals surface area contributed by atoms with Gasteiger partial charge in [-0.2, -0.15) is 0 Å². The average Bonchev–Trinajstić information content (AvgIpc) is 3.10. The predicted molar refractivity (Wildman–Crippen MR) is 98.1 cm³/mol. The van der Waals surface area contributed by atoms with Crippen LogP contribution in [0.3, 0.4) is 0 Å². The molecular formula is C21H18N2O2. The fourth-order valence-corrected chi connectivity index (χ4v) is 2.64. The molecule has 0 fully saturated rings. The van der Waals surface area contributed by atoms with Gasteiger partial charge in [0.15, 0.2) is 5.58 Å². The molecular weight excluding hydrogens is 312 g/mol. The van der Waals surface area contributed by atoms with Crippen LogP contribution in [0.25, 0.3) is 22.6 Å². The number of oxazole rings is 1. The molecule has 3 aromatic carbocycles. The second kappa shape index (κ2) is 6.79. The van der Waals surface area contributed by atoms with Gasteiger partial charge in [0, 0.05) is 18.2 Å². The summed E-state index contributed by atoms with van der Waals surface area (Å²) >= 11 is 0. The SMILES string of the molecule is NCc1ccc(-c2nc3cc(OCc4ccccc4)ccc3o2)cc1. The molecule has 4 rings (SSSR count). The summed E-state index contributed by atoms with van der Waals surface area (Å²) in [7, 11) is 0. The monoisotopic (exact) mass is 330 g/mol. The van der Waals surface area contributed by atoms with Crippen LogP contribution in [-0.2, 0) is 13.2 Å². The molecule has 0 radical (unpaired) electrons. The Kier molecular flexibility index (Phi) is 4.19. The molecule has 0 spiro atoms. The second-order valence-corrected chi connectivity index (χ2v) is 5.82. The van der Waals surface area contributed by atoms with Gasteiger partial charge in [-0.15, -0.1) is 0 Å². The van der Waals surface area contributed by atoms with E-state index in [1.165, 1.54) is 0 Å². The van der Waals surface area contributed by atoms with Crippen LogP contribution < -0.4 is 10.5 Å². The topological polar surface area (TPSA) is 61.3 Å². The normalized spacial score (nSPS) is 10.9. The van der Waals surface area contributed by atoms with E-state index in [0.29, 0.717) is 19.0 Å². The van der Waals surface area contributed by atoms with Crippen molar-refractivity contribution in [2.75, 3.05) is 0 Å². The van der Waals surface area contributed by atoms with Crippen LogP contribution in [0, 0.1) is 0 Å². The van der Waals surface area contributed by atoms with Crippen LogP contribution in [0.15, 0.2) is 77.2 Å². The van der Waals surface area contributed by atoms with Crippen molar-refractivity contribution >= 4 is 11.1 Å². The minimum atomic E-state index is 0.524. The van der Waals surface area contributed by atoms with Crippen molar-refractivity contribution in [3.05, 3.63) is 83.9 Å². The molecule has 25 heavy (non-hydrogen) atoms. The predicted octanol–water partition coefficient (Wildman–Crippen LogP) is 4.53. The summed E-state index contributed by atoms with van der Waals surface area (Å²) in [6.07, 6.45) is 0. The molecule has 4 aromatic rings. The molecule has 4 heteroatoms. The highest BCUT2D eigenvalue weighted by Gasteiger charge is 2.09. The van der Waals surface area contributed by atoms with Gasteiger partial charge in [0.2, 0.25) is 5.89 Å². The number of aromatic nitrogens is 1. The van der Waals surface area contributed by atoms with Crippen molar-refractivity contribution in [3.8, 4) is 17.2 Å². The molecule has 0 saturated carbocycles. The van der Waals surface area contributed by atoms with Gasteiger partial charge in [-0.05, 0) is 35.4 Å². The van der Waals surface area contributed by atoms with E-state index in [-0.39, 0.29) is 0 Å². The Balaban J connectivity index is 1.56. The molecule has 124 valence electrons. The Morgan fingerprint density at radius 2 is 1.68 bits per heavy atom. The molecule has 0 atom stereocenters. The third-order valence-electron chi connectivity index (χ3n) is 4.04. The Morgan fingerprint density at radius 1 is 0.880 bits per heavy atom. The molecule has 0 aliphatic heterocycles. The summed E-state index contributed by atoms with van der Waals surface area (Å²) in [6, 6.07) is 23.7. The Morgan fingerprint density at radius 3 is 2.44 bits per heavy atom. The van der Waals surface area contributed by atoms with E-state index in [1.807, 2.05) is 72.8 Å². The van der Waals surface area contributed by atoms with E-state index in [0.717, 1.165) is 33.5 Å². The summed E-state index contributed by atoms with van der Waals surface area (Å²) < 4.78 is 11.7. The highest BCUT2D eigenvalue weighted by Crippen LogP contribution is 2.27. The standard InChI is InChI=1S/C21H18N2O2/c22-13-15-6-8-17(9-7-15)21-23-19-12-18(10-11-20(19)25-21)24-14-16-4-2-1-3-5-16/h1-12H,13-14,22H2. The maximum atomic E-state index is 5.85. The molecule has 1 heterocycles. The van der Waals surface area contributed by atoms with Crippen molar-refractivity contribution < 1.29 is 9.15 Å². The van der Waals surface area contributed by atoms with Gasteiger partial charge in [-0.1, -0.05) is 42.5 Å². The minimum absolute atomic E-state index is 0.524. The number of nitrogens with zero attached hydrogens (tertiary/aromatic N) is 1. The molecule has 4 nitrogen and oxygen atoms in total. The smallest absolute Gasteiger partial charge is 0.227 e. The van der Waals surface area contributed by atoms with Crippen molar-refractivity contribution in [1.29, 1.82) is 0 Å². The Hall–Kier alpha value is -3.11. The maximum Gasteiger partial charge on any atom is 0.227 e. The van der Waals surface area contributed by atoms with Crippen molar-refractivity contribution in [3.63, 3.8) is 0 Å². The summed E-state index contributed by atoms with van der Waals surface area (Å²) in [4.78, 5) is 4.58. The second-order valence-electron chi connectivity index (χ2n) is 5.82. The van der Waals surface area contributed by atoms with Gasteiger partial charge in [0.25, 0.3) is 0 Å². The maximum absolute atomic E-state index is 5.85. The number of benzene rings is 3. The summed E-state index contributed by atoms with van der Waals surface area (Å²) in [6.45, 7) is 1.05. The fourth-order valence-electron chi connectivity index (χ4n) is 2.64. The molecule has 0 saturated heterocycles. The number of ether oxygens (including phenoxy) is 1. The van der Waals surface area contributed by atoms with Crippen molar-refractivity contribution in [2.24, 2.45) is 5.73 Å². The van der Waals surface area contributed by atoms with Crippen LogP contribution >= 0.6 is 0 Å². The number of hydrogen-bond acceptors (Lipinski definition) is 4. The molecule has 0 aliphatic rings. The minimum Gasteiger partial charge on any atom is -0.489 e. The van der Waals surface area contributed by atoms with Crippen LogP contribution in [0.5, 0.6) is 5.75 Å². The van der Waals surface area contributed by atoms with Crippen molar-refractivity contribution in [2.45, 2.75) is 13.2 Å². The van der Waals surface area contributed by atoms with Crippen LogP contribution in [-0.4, -0.2) is 4.98 Å².